The third-order valence-corrected chi connectivity index (χ3v) is 2.63. The van der Waals surface area contributed by atoms with Gasteiger partial charge in [0.25, 0.3) is 10.0 Å². The highest BCUT2D eigenvalue weighted by atomic mass is 32.2. The second-order valence-electron chi connectivity index (χ2n) is 2.30. The minimum absolute atomic E-state index is 0.104. The molecular weight excluding hydrogens is 220 g/mol. The molecule has 0 saturated carbocycles. The first-order chi connectivity index (χ1) is 7.11. The summed E-state index contributed by atoms with van der Waals surface area (Å²) in [5.74, 6) is 0. The lowest BCUT2D eigenvalue weighted by Crippen LogP contribution is -1.94. The first-order valence-corrected chi connectivity index (χ1v) is 5.01. The summed E-state index contributed by atoms with van der Waals surface area (Å²) in [5.41, 5.74) is 16.2. The fourth-order valence-corrected chi connectivity index (χ4v) is 1.71. The normalized spacial score (nSPS) is 9.87. The van der Waals surface area contributed by atoms with Gasteiger partial charge in [-0.15, -0.1) is 0 Å². The van der Waals surface area contributed by atoms with E-state index in [2.05, 4.69) is 19.5 Å². The fourth-order valence-electron chi connectivity index (χ4n) is 0.898. The summed E-state index contributed by atoms with van der Waals surface area (Å²) in [5, 5.41) is 3.17. The molecule has 0 N–H and O–H groups in total. The quantitative estimate of drug-likeness (QED) is 0.443. The molecule has 0 radical (unpaired) electrons. The predicted molar refractivity (Wildman–Crippen MR) is 51.6 cm³/mol. The molecule has 0 aliphatic rings. The molecule has 0 aliphatic carbocycles. The molecule has 0 heterocycles. The van der Waals surface area contributed by atoms with Crippen molar-refractivity contribution < 1.29 is 8.42 Å². The average Bonchev–Trinajstić information content (AvgIpc) is 2.19. The van der Waals surface area contributed by atoms with Gasteiger partial charge in [-0.25, -0.2) is 8.42 Å². The van der Waals surface area contributed by atoms with Crippen LogP contribution in [0, 0.1) is 0 Å². The van der Waals surface area contributed by atoms with Crippen molar-refractivity contribution in [3.8, 4) is 0 Å². The van der Waals surface area contributed by atoms with E-state index in [9.17, 15) is 8.42 Å². The van der Waals surface area contributed by atoms with Crippen molar-refractivity contribution in [2.75, 3.05) is 0 Å². The minimum Gasteiger partial charge on any atom is -0.216 e. The van der Waals surface area contributed by atoms with Crippen molar-refractivity contribution in [3.05, 3.63) is 45.2 Å². The van der Waals surface area contributed by atoms with E-state index in [0.29, 0.717) is 0 Å². The SMILES string of the molecule is [N-]=[N+]=Nc1ccccc1S(=O)(=O)N=[N+]=[N-]. The van der Waals surface area contributed by atoms with Crippen LogP contribution in [0.1, 0.15) is 0 Å². The van der Waals surface area contributed by atoms with Gasteiger partial charge in [-0.05, 0) is 17.1 Å². The van der Waals surface area contributed by atoms with E-state index in [0.717, 1.165) is 0 Å². The topological polar surface area (TPSA) is 132 Å². The Kier molecular flexibility index (Phi) is 3.14. The lowest BCUT2D eigenvalue weighted by atomic mass is 10.3. The fraction of sp³-hybridized carbons (Fsp3) is 0. The van der Waals surface area contributed by atoms with Crippen LogP contribution >= 0.6 is 0 Å². The molecule has 8 nitrogen and oxygen atoms in total. The summed E-state index contributed by atoms with van der Waals surface area (Å²) in [6.45, 7) is 0. The molecule has 76 valence electrons. The Bertz CT molecular complexity index is 567. The molecule has 0 fully saturated rings. The average molecular weight is 224 g/mol. The van der Waals surface area contributed by atoms with E-state index in [1.807, 2.05) is 0 Å². The first-order valence-electron chi connectivity index (χ1n) is 3.57. The third-order valence-electron chi connectivity index (χ3n) is 1.44. The van der Waals surface area contributed by atoms with Crippen LogP contribution in [0.5, 0.6) is 0 Å². The summed E-state index contributed by atoms with van der Waals surface area (Å²) < 4.78 is 25.3. The maximum atomic E-state index is 11.3. The molecule has 1 aromatic rings. The highest BCUT2D eigenvalue weighted by molar-refractivity contribution is 7.90. The lowest BCUT2D eigenvalue weighted by Gasteiger charge is -1.99. The van der Waals surface area contributed by atoms with E-state index >= 15 is 0 Å². The van der Waals surface area contributed by atoms with Crippen molar-refractivity contribution in [2.45, 2.75) is 4.90 Å². The first kappa shape index (κ1) is 10.9. The Morgan fingerprint density at radius 3 is 2.40 bits per heavy atom. The summed E-state index contributed by atoms with van der Waals surface area (Å²) in [6, 6.07) is 5.42. The maximum Gasteiger partial charge on any atom is 0.264 e. The molecule has 0 spiro atoms. The highest BCUT2D eigenvalue weighted by Gasteiger charge is 2.15. The Balaban J connectivity index is 3.50. The van der Waals surface area contributed by atoms with Crippen molar-refractivity contribution in [3.63, 3.8) is 0 Å². The second-order valence-corrected chi connectivity index (χ2v) is 3.86. The highest BCUT2D eigenvalue weighted by Crippen LogP contribution is 2.25. The lowest BCUT2D eigenvalue weighted by molar-refractivity contribution is 0.597. The molecule has 0 amide bonds. The van der Waals surface area contributed by atoms with Crippen molar-refractivity contribution in [2.24, 2.45) is 9.63 Å². The minimum atomic E-state index is -4.12. The van der Waals surface area contributed by atoms with Crippen LogP contribution in [0.15, 0.2) is 38.8 Å². The van der Waals surface area contributed by atoms with Crippen molar-refractivity contribution >= 4 is 15.7 Å². The number of rotatable bonds is 3. The standard InChI is InChI=1S/C6H4N6O2S/c7-10-9-5-3-1-2-4-6(5)15(13,14)12-11-8/h1-4H. The zero-order valence-corrected chi connectivity index (χ0v) is 8.03. The number of hydrogen-bond donors (Lipinski definition) is 0. The van der Waals surface area contributed by atoms with Crippen LogP contribution in [0.25, 0.3) is 20.9 Å². The van der Waals surface area contributed by atoms with Crippen LogP contribution in [-0.2, 0) is 10.0 Å². The molecule has 1 aromatic carbocycles. The zero-order valence-electron chi connectivity index (χ0n) is 7.22. The van der Waals surface area contributed by atoms with Crippen molar-refractivity contribution in [1.29, 1.82) is 0 Å². The van der Waals surface area contributed by atoms with Crippen LogP contribution < -0.4 is 0 Å². The van der Waals surface area contributed by atoms with Gasteiger partial charge in [0.2, 0.25) is 0 Å². The number of nitrogens with zero attached hydrogens (tertiary/aromatic N) is 6. The molecule has 15 heavy (non-hydrogen) atoms. The van der Waals surface area contributed by atoms with Crippen LogP contribution in [0.4, 0.5) is 5.69 Å². The summed E-state index contributed by atoms with van der Waals surface area (Å²) >= 11 is 0. The molecule has 0 aromatic heterocycles. The number of hydrogen-bond acceptors (Lipinski definition) is 3. The van der Waals surface area contributed by atoms with Gasteiger partial charge < -0.3 is 0 Å². The van der Waals surface area contributed by atoms with Gasteiger partial charge in [-0.2, -0.15) is 0 Å². The Labute approximate surface area is 84.5 Å². The Hall–Kier alpha value is -2.21. The van der Waals surface area contributed by atoms with Gasteiger partial charge in [-0.3, -0.25) is 0 Å². The van der Waals surface area contributed by atoms with Crippen LogP contribution in [0.3, 0.4) is 0 Å². The van der Waals surface area contributed by atoms with E-state index in [-0.39, 0.29) is 10.6 Å². The zero-order chi connectivity index (χ0) is 11.3. The molecule has 1 rings (SSSR count). The third kappa shape index (κ3) is 2.38. The molecule has 0 atom stereocenters. The van der Waals surface area contributed by atoms with Gasteiger partial charge in [0.15, 0.2) is 0 Å². The smallest absolute Gasteiger partial charge is 0.216 e. The summed E-state index contributed by atoms with van der Waals surface area (Å²) in [4.78, 5) is 4.33. The monoisotopic (exact) mass is 224 g/mol. The molecule has 9 heteroatoms. The Morgan fingerprint density at radius 2 is 1.80 bits per heavy atom. The van der Waals surface area contributed by atoms with E-state index in [1.54, 1.807) is 0 Å². The van der Waals surface area contributed by atoms with E-state index in [1.165, 1.54) is 24.3 Å². The molecular formula is C6H4N6O2S. The van der Waals surface area contributed by atoms with Gasteiger partial charge in [0.1, 0.15) is 0 Å². The maximum absolute atomic E-state index is 11.3. The molecule has 0 bridgehead atoms. The summed E-state index contributed by atoms with van der Waals surface area (Å²) in [6.07, 6.45) is 0. The largest absolute Gasteiger partial charge is 0.264 e. The predicted octanol–water partition coefficient (Wildman–Crippen LogP) is 2.63. The van der Waals surface area contributed by atoms with Crippen molar-refractivity contribution in [1.82, 2.24) is 0 Å². The van der Waals surface area contributed by atoms with Gasteiger partial charge >= 0.3 is 0 Å². The molecule has 0 saturated heterocycles. The van der Waals surface area contributed by atoms with Gasteiger partial charge in [-0.1, -0.05) is 23.3 Å². The van der Waals surface area contributed by atoms with Crippen LogP contribution in [-0.4, -0.2) is 8.42 Å². The number of azide groups is 2. The van der Waals surface area contributed by atoms with Crippen LogP contribution in [0.2, 0.25) is 0 Å². The Morgan fingerprint density at radius 1 is 1.13 bits per heavy atom. The number of benzene rings is 1. The molecule has 0 aliphatic heterocycles. The van der Waals surface area contributed by atoms with Gasteiger partial charge in [0, 0.05) is 14.3 Å². The summed E-state index contributed by atoms with van der Waals surface area (Å²) in [7, 11) is -4.12. The molecule has 0 unspecified atom stereocenters. The van der Waals surface area contributed by atoms with Gasteiger partial charge in [0.05, 0.1) is 10.6 Å². The number of sulfonamides is 1. The van der Waals surface area contributed by atoms with E-state index < -0.39 is 10.0 Å². The van der Waals surface area contributed by atoms with E-state index in [4.69, 9.17) is 11.1 Å². The second kappa shape index (κ2) is 4.34.